The first kappa shape index (κ1) is 25.3. The zero-order valence-corrected chi connectivity index (χ0v) is 22.1. The minimum Gasteiger partial charge on any atom is -0.496 e. The van der Waals surface area contributed by atoms with Gasteiger partial charge in [0.15, 0.2) is 11.5 Å². The number of hydrogen-bond donors (Lipinski definition) is 0. The first-order chi connectivity index (χ1) is 19.2. The maximum atomic E-state index is 13.0. The van der Waals surface area contributed by atoms with E-state index < -0.39 is 5.63 Å². The summed E-state index contributed by atoms with van der Waals surface area (Å²) in [4.78, 5) is 15.4. The van der Waals surface area contributed by atoms with E-state index in [0.29, 0.717) is 22.8 Å². The Bertz CT molecular complexity index is 1530. The number of morpholine rings is 1. The van der Waals surface area contributed by atoms with E-state index in [1.165, 1.54) is 6.07 Å². The van der Waals surface area contributed by atoms with Crippen molar-refractivity contribution in [1.29, 1.82) is 0 Å². The second-order valence-electron chi connectivity index (χ2n) is 9.65. The van der Waals surface area contributed by atoms with E-state index in [-0.39, 0.29) is 12.7 Å². The van der Waals surface area contributed by atoms with E-state index in [2.05, 4.69) is 4.90 Å². The van der Waals surface area contributed by atoms with Crippen molar-refractivity contribution < 1.29 is 28.1 Å². The Hall–Kier alpha value is -4.01. The first-order valence-corrected chi connectivity index (χ1v) is 13.1. The SMILES string of the molecule is COc1cc(OC)c2c(-c3ccccc3)cc(=O)oc2c1[C@H](CCN1CCOCC1)c1ccc2c(c1)OCO2. The Morgan fingerprint density at radius 1 is 0.897 bits per heavy atom. The summed E-state index contributed by atoms with van der Waals surface area (Å²) in [5, 5.41) is 0.733. The molecule has 0 spiro atoms. The number of rotatable bonds is 8. The van der Waals surface area contributed by atoms with Crippen molar-refractivity contribution in [3.63, 3.8) is 0 Å². The van der Waals surface area contributed by atoms with Crippen LogP contribution in [0.2, 0.25) is 0 Å². The second kappa shape index (κ2) is 11.0. The van der Waals surface area contributed by atoms with Crippen molar-refractivity contribution in [2.45, 2.75) is 12.3 Å². The fourth-order valence-corrected chi connectivity index (χ4v) is 5.56. The monoisotopic (exact) mass is 529 g/mol. The van der Waals surface area contributed by atoms with E-state index in [9.17, 15) is 4.79 Å². The van der Waals surface area contributed by atoms with Crippen LogP contribution in [-0.4, -0.2) is 58.8 Å². The minimum absolute atomic E-state index is 0.167. The lowest BCUT2D eigenvalue weighted by Crippen LogP contribution is -2.37. The molecule has 1 saturated heterocycles. The van der Waals surface area contributed by atoms with E-state index >= 15 is 0 Å². The molecule has 202 valence electrons. The molecule has 1 aromatic heterocycles. The van der Waals surface area contributed by atoms with Gasteiger partial charge in [0.2, 0.25) is 6.79 Å². The fraction of sp³-hybridized carbons (Fsp3) is 0.323. The minimum atomic E-state index is -0.435. The van der Waals surface area contributed by atoms with Gasteiger partial charge in [-0.25, -0.2) is 4.79 Å². The molecule has 4 aromatic rings. The summed E-state index contributed by atoms with van der Waals surface area (Å²) in [6, 6.07) is 19.2. The molecule has 3 heterocycles. The average molecular weight is 530 g/mol. The van der Waals surface area contributed by atoms with Crippen LogP contribution in [0.1, 0.15) is 23.5 Å². The van der Waals surface area contributed by atoms with E-state index in [0.717, 1.165) is 72.7 Å². The topological polar surface area (TPSA) is 79.6 Å². The molecule has 0 N–H and O–H groups in total. The van der Waals surface area contributed by atoms with Gasteiger partial charge in [0.05, 0.1) is 32.8 Å². The molecule has 2 aliphatic rings. The quantitative estimate of drug-likeness (QED) is 0.293. The average Bonchev–Trinajstić information content (AvgIpc) is 3.46. The number of methoxy groups -OCH3 is 2. The summed E-state index contributed by atoms with van der Waals surface area (Å²) < 4.78 is 34.6. The van der Waals surface area contributed by atoms with Gasteiger partial charge in [0, 0.05) is 42.3 Å². The van der Waals surface area contributed by atoms with E-state index in [1.54, 1.807) is 14.2 Å². The predicted molar refractivity (Wildman–Crippen MR) is 147 cm³/mol. The molecule has 3 aromatic carbocycles. The van der Waals surface area contributed by atoms with Crippen LogP contribution >= 0.6 is 0 Å². The molecule has 1 atom stereocenters. The Kier molecular flexibility index (Phi) is 7.13. The number of nitrogens with zero attached hydrogens (tertiary/aromatic N) is 1. The van der Waals surface area contributed by atoms with Crippen molar-refractivity contribution in [3.05, 3.63) is 82.2 Å². The molecule has 0 aliphatic carbocycles. The maximum Gasteiger partial charge on any atom is 0.336 e. The largest absolute Gasteiger partial charge is 0.496 e. The van der Waals surface area contributed by atoms with Crippen molar-refractivity contribution in [2.24, 2.45) is 0 Å². The standard InChI is InChI=1S/C31H31NO7/c1-34-26-18-27(35-2)30-23(20-6-4-3-5-7-20)17-28(33)39-31(30)29(26)22(10-11-32-12-14-36-15-13-32)21-8-9-24-25(16-21)38-19-37-24/h3-9,16-18,22H,10-15,19H2,1-2H3/t22-/m1/s1. The van der Waals surface area contributed by atoms with Crippen LogP contribution in [0.4, 0.5) is 0 Å². The van der Waals surface area contributed by atoms with Crippen LogP contribution in [0, 0.1) is 0 Å². The van der Waals surface area contributed by atoms with Gasteiger partial charge in [-0.05, 0) is 36.2 Å². The van der Waals surface area contributed by atoms with Crippen LogP contribution in [0.5, 0.6) is 23.0 Å². The third-order valence-electron chi connectivity index (χ3n) is 7.49. The van der Waals surface area contributed by atoms with Gasteiger partial charge in [-0.1, -0.05) is 36.4 Å². The van der Waals surface area contributed by atoms with Gasteiger partial charge >= 0.3 is 5.63 Å². The zero-order valence-electron chi connectivity index (χ0n) is 22.1. The molecule has 0 bridgehead atoms. The lowest BCUT2D eigenvalue weighted by Gasteiger charge is -2.29. The van der Waals surface area contributed by atoms with Crippen LogP contribution in [-0.2, 0) is 4.74 Å². The normalized spacial score (nSPS) is 15.8. The Labute approximate surface area is 226 Å². The van der Waals surface area contributed by atoms with Gasteiger partial charge in [0.25, 0.3) is 0 Å². The number of ether oxygens (including phenoxy) is 5. The lowest BCUT2D eigenvalue weighted by molar-refractivity contribution is 0.0369. The van der Waals surface area contributed by atoms with Gasteiger partial charge < -0.3 is 28.1 Å². The summed E-state index contributed by atoms with van der Waals surface area (Å²) in [5.74, 6) is 2.42. The van der Waals surface area contributed by atoms with Crippen LogP contribution < -0.4 is 24.6 Å². The molecule has 6 rings (SSSR count). The van der Waals surface area contributed by atoms with Gasteiger partial charge in [-0.2, -0.15) is 0 Å². The number of fused-ring (bicyclic) bond motifs is 2. The summed E-state index contributed by atoms with van der Waals surface area (Å²) >= 11 is 0. The van der Waals surface area contributed by atoms with Crippen molar-refractivity contribution >= 4 is 11.0 Å². The third kappa shape index (κ3) is 4.93. The number of benzene rings is 3. The third-order valence-corrected chi connectivity index (χ3v) is 7.49. The van der Waals surface area contributed by atoms with Gasteiger partial charge in [0.1, 0.15) is 17.1 Å². The second-order valence-corrected chi connectivity index (χ2v) is 9.65. The van der Waals surface area contributed by atoms with Crippen LogP contribution in [0.3, 0.4) is 0 Å². The predicted octanol–water partition coefficient (Wildman–Crippen LogP) is 5.06. The summed E-state index contributed by atoms with van der Waals surface area (Å²) in [5.41, 5.74) is 3.50. The molecule has 0 unspecified atom stereocenters. The molecular weight excluding hydrogens is 498 g/mol. The molecule has 0 saturated carbocycles. The molecule has 0 amide bonds. The molecule has 0 radical (unpaired) electrons. The summed E-state index contributed by atoms with van der Waals surface area (Å²) in [7, 11) is 3.24. The summed E-state index contributed by atoms with van der Waals surface area (Å²) in [6.07, 6.45) is 0.761. The molecule has 2 aliphatic heterocycles. The van der Waals surface area contributed by atoms with Crippen LogP contribution in [0.25, 0.3) is 22.1 Å². The van der Waals surface area contributed by atoms with Gasteiger partial charge in [-0.15, -0.1) is 0 Å². The highest BCUT2D eigenvalue weighted by Gasteiger charge is 2.29. The highest BCUT2D eigenvalue weighted by Crippen LogP contribution is 2.47. The summed E-state index contributed by atoms with van der Waals surface area (Å²) in [6.45, 7) is 4.23. The molecule has 8 nitrogen and oxygen atoms in total. The highest BCUT2D eigenvalue weighted by atomic mass is 16.7. The molecular formula is C31H31NO7. The molecule has 1 fully saturated rings. The highest BCUT2D eigenvalue weighted by molar-refractivity contribution is 6.00. The molecule has 8 heteroatoms. The van der Waals surface area contributed by atoms with Crippen molar-refractivity contribution in [2.75, 3.05) is 53.9 Å². The Morgan fingerprint density at radius 2 is 1.67 bits per heavy atom. The number of hydrogen-bond acceptors (Lipinski definition) is 8. The smallest absolute Gasteiger partial charge is 0.336 e. The Balaban J connectivity index is 1.57. The van der Waals surface area contributed by atoms with E-state index in [4.69, 9.17) is 28.1 Å². The first-order valence-electron chi connectivity index (χ1n) is 13.1. The maximum absolute atomic E-state index is 13.0. The molecule has 39 heavy (non-hydrogen) atoms. The lowest BCUT2D eigenvalue weighted by atomic mass is 9.85. The van der Waals surface area contributed by atoms with Crippen molar-refractivity contribution in [1.82, 2.24) is 4.90 Å². The fourth-order valence-electron chi connectivity index (χ4n) is 5.56. The zero-order chi connectivity index (χ0) is 26.8. The van der Waals surface area contributed by atoms with Gasteiger partial charge in [-0.3, -0.25) is 4.90 Å². The van der Waals surface area contributed by atoms with E-state index in [1.807, 2.05) is 54.6 Å². The van der Waals surface area contributed by atoms with Crippen molar-refractivity contribution in [3.8, 4) is 34.1 Å². The Morgan fingerprint density at radius 3 is 2.44 bits per heavy atom. The van der Waals surface area contributed by atoms with Crippen LogP contribution in [0.15, 0.2) is 69.9 Å².